The summed E-state index contributed by atoms with van der Waals surface area (Å²) in [6, 6.07) is 12.8. The topological polar surface area (TPSA) is 56.4 Å². The molecule has 0 unspecified atom stereocenters. The number of nitrogens with one attached hydrogen (secondary N) is 1. The number of fused-ring (bicyclic) bond motifs is 1. The van der Waals surface area contributed by atoms with Gasteiger partial charge < -0.3 is 14.8 Å². The third-order valence-electron chi connectivity index (χ3n) is 7.31. The monoisotopic (exact) mass is 603 g/mol. The maximum Gasteiger partial charge on any atom is 0.416 e. The summed E-state index contributed by atoms with van der Waals surface area (Å²) in [5, 5.41) is 0.827. The van der Waals surface area contributed by atoms with Crippen LogP contribution in [0.15, 0.2) is 79.0 Å². The Labute approximate surface area is 241 Å². The molecule has 0 saturated carbocycles. The van der Waals surface area contributed by atoms with Crippen LogP contribution in [0.25, 0.3) is 17.0 Å². The van der Waals surface area contributed by atoms with Gasteiger partial charge in [0.05, 0.1) is 17.2 Å². The molecule has 1 atom stereocenters. The average Bonchev–Trinajstić information content (AvgIpc) is 3.38. The van der Waals surface area contributed by atoms with Crippen LogP contribution < -0.4 is 0 Å². The Kier molecular flexibility index (Phi) is 8.04. The van der Waals surface area contributed by atoms with Crippen LogP contribution in [-0.2, 0) is 23.6 Å². The van der Waals surface area contributed by atoms with Gasteiger partial charge in [-0.25, -0.2) is 4.39 Å². The molecule has 12 heteroatoms. The molecule has 1 aliphatic heterocycles. The van der Waals surface area contributed by atoms with Crippen molar-refractivity contribution in [2.24, 2.45) is 0 Å². The number of alkyl halides is 6. The van der Waals surface area contributed by atoms with E-state index in [1.807, 2.05) is 18.2 Å². The van der Waals surface area contributed by atoms with Gasteiger partial charge in [-0.2, -0.15) is 26.3 Å². The van der Waals surface area contributed by atoms with E-state index in [9.17, 15) is 40.3 Å². The van der Waals surface area contributed by atoms with Crippen LogP contribution in [0.3, 0.4) is 0 Å². The quantitative estimate of drug-likeness (QED) is 0.198. The second-order valence-electron chi connectivity index (χ2n) is 10.2. The third kappa shape index (κ3) is 6.73. The minimum absolute atomic E-state index is 0.00615. The Hall–Kier alpha value is -4.61. The van der Waals surface area contributed by atoms with Crippen LogP contribution in [0.5, 0.6) is 0 Å². The zero-order valence-corrected chi connectivity index (χ0v) is 22.3. The second kappa shape index (κ2) is 11.6. The van der Waals surface area contributed by atoms with Crippen molar-refractivity contribution in [1.29, 1.82) is 0 Å². The number of piperazine rings is 1. The number of hydrogen-bond donors (Lipinski definition) is 1. The average molecular weight is 604 g/mol. The predicted molar refractivity (Wildman–Crippen MR) is 145 cm³/mol. The van der Waals surface area contributed by atoms with Gasteiger partial charge >= 0.3 is 12.4 Å². The highest BCUT2D eigenvalue weighted by Gasteiger charge is 2.39. The Morgan fingerprint density at radius 3 is 2.19 bits per heavy atom. The molecule has 224 valence electrons. The number of nitrogens with zero attached hydrogens (tertiary/aromatic N) is 2. The van der Waals surface area contributed by atoms with Gasteiger partial charge in [0, 0.05) is 48.4 Å². The molecule has 3 aromatic carbocycles. The van der Waals surface area contributed by atoms with Gasteiger partial charge in [-0.1, -0.05) is 30.3 Å². The first kappa shape index (κ1) is 29.9. The molecule has 0 spiro atoms. The van der Waals surface area contributed by atoms with Crippen LogP contribution in [0.1, 0.15) is 32.6 Å². The standard InChI is InChI=1S/C31H24F7N3O2/c32-24-8-5-19(6-9-24)7-10-28(42)40-11-12-41(25(18-40)15-21-17-39-27-4-2-1-3-26(21)27)29(43)20-13-22(30(33,34)35)16-23(14-20)31(36,37)38/h1-10,13-14,16-17,25,39H,11-12,15,18H2/b10-7+/t25-/m1/s1. The van der Waals surface area contributed by atoms with Crippen molar-refractivity contribution in [3.8, 4) is 0 Å². The Morgan fingerprint density at radius 2 is 1.53 bits per heavy atom. The molecule has 1 aliphatic rings. The zero-order chi connectivity index (χ0) is 30.9. The van der Waals surface area contributed by atoms with Crippen LogP contribution in [0.2, 0.25) is 0 Å². The number of halogens is 7. The summed E-state index contributed by atoms with van der Waals surface area (Å²) >= 11 is 0. The first-order valence-electron chi connectivity index (χ1n) is 13.2. The minimum Gasteiger partial charge on any atom is -0.361 e. The third-order valence-corrected chi connectivity index (χ3v) is 7.31. The fourth-order valence-corrected chi connectivity index (χ4v) is 5.14. The molecule has 2 amide bonds. The SMILES string of the molecule is O=C(/C=C/c1ccc(F)cc1)N1CCN(C(=O)c2cc(C(F)(F)F)cc(C(F)(F)F)c2)[C@H](Cc2c[nH]c3ccccc23)C1. The van der Waals surface area contributed by atoms with Crippen molar-refractivity contribution >= 4 is 28.8 Å². The number of rotatable bonds is 5. The Morgan fingerprint density at radius 1 is 0.884 bits per heavy atom. The Balaban J connectivity index is 1.46. The highest BCUT2D eigenvalue weighted by molar-refractivity contribution is 5.96. The lowest BCUT2D eigenvalue weighted by Gasteiger charge is -2.41. The van der Waals surface area contributed by atoms with Crippen LogP contribution in [-0.4, -0.2) is 52.3 Å². The number of benzene rings is 3. The fraction of sp³-hybridized carbons (Fsp3) is 0.226. The van der Waals surface area contributed by atoms with Crippen molar-refractivity contribution in [3.63, 3.8) is 0 Å². The summed E-state index contributed by atoms with van der Waals surface area (Å²) in [7, 11) is 0. The summed E-state index contributed by atoms with van der Waals surface area (Å²) in [4.78, 5) is 32.5. The van der Waals surface area contributed by atoms with E-state index < -0.39 is 52.7 Å². The van der Waals surface area contributed by atoms with E-state index in [2.05, 4.69) is 4.98 Å². The van der Waals surface area contributed by atoms with Crippen molar-refractivity contribution in [3.05, 3.63) is 113 Å². The maximum absolute atomic E-state index is 13.6. The van der Waals surface area contributed by atoms with Crippen molar-refractivity contribution in [2.75, 3.05) is 19.6 Å². The molecule has 5 rings (SSSR count). The molecule has 1 saturated heterocycles. The van der Waals surface area contributed by atoms with Crippen molar-refractivity contribution in [2.45, 2.75) is 24.8 Å². The van der Waals surface area contributed by atoms with Crippen molar-refractivity contribution in [1.82, 2.24) is 14.8 Å². The van der Waals surface area contributed by atoms with E-state index in [4.69, 9.17) is 0 Å². The Bertz CT molecular complexity index is 1640. The van der Waals surface area contributed by atoms with E-state index in [0.717, 1.165) is 16.5 Å². The summed E-state index contributed by atoms with van der Waals surface area (Å²) in [6.07, 6.45) is -5.55. The van der Waals surface area contributed by atoms with E-state index in [-0.39, 0.29) is 32.1 Å². The van der Waals surface area contributed by atoms with E-state index >= 15 is 0 Å². The van der Waals surface area contributed by atoms with Crippen LogP contribution in [0, 0.1) is 5.82 Å². The predicted octanol–water partition coefficient (Wildman–Crippen LogP) is 6.95. The number of carbonyl (C=O) groups is 2. The first-order chi connectivity index (χ1) is 20.3. The van der Waals surface area contributed by atoms with E-state index in [0.29, 0.717) is 17.7 Å². The van der Waals surface area contributed by atoms with Gasteiger partial charge in [0.25, 0.3) is 5.91 Å². The fourth-order valence-electron chi connectivity index (χ4n) is 5.14. The number of amides is 2. The largest absolute Gasteiger partial charge is 0.416 e. The summed E-state index contributed by atoms with van der Waals surface area (Å²) in [5.74, 6) is -1.86. The minimum atomic E-state index is -5.11. The van der Waals surface area contributed by atoms with Gasteiger partial charge in [-0.3, -0.25) is 9.59 Å². The van der Waals surface area contributed by atoms with Gasteiger partial charge in [0.1, 0.15) is 5.82 Å². The second-order valence-corrected chi connectivity index (χ2v) is 10.2. The summed E-state index contributed by atoms with van der Waals surface area (Å²) in [6.45, 7) is -0.156. The molecule has 1 N–H and O–H groups in total. The smallest absolute Gasteiger partial charge is 0.361 e. The lowest BCUT2D eigenvalue weighted by atomic mass is 9.98. The van der Waals surface area contributed by atoms with E-state index in [1.54, 1.807) is 12.3 Å². The molecule has 1 fully saturated rings. The molecule has 1 aromatic heterocycles. The maximum atomic E-state index is 13.6. The molecular formula is C31H24F7N3O2. The number of aromatic nitrogens is 1. The van der Waals surface area contributed by atoms with Gasteiger partial charge in [0.2, 0.25) is 5.91 Å². The molecule has 5 nitrogen and oxygen atoms in total. The number of hydrogen-bond acceptors (Lipinski definition) is 2. The van der Waals surface area contributed by atoms with Crippen LogP contribution in [0.4, 0.5) is 30.7 Å². The van der Waals surface area contributed by atoms with Gasteiger partial charge in [-0.05, 0) is 60.0 Å². The van der Waals surface area contributed by atoms with Crippen LogP contribution >= 0.6 is 0 Å². The van der Waals surface area contributed by atoms with Gasteiger partial charge in [0.15, 0.2) is 0 Å². The molecule has 4 aromatic rings. The molecule has 2 heterocycles. The van der Waals surface area contributed by atoms with Gasteiger partial charge in [-0.15, -0.1) is 0 Å². The molecule has 0 bridgehead atoms. The number of para-hydroxylation sites is 1. The lowest BCUT2D eigenvalue weighted by molar-refractivity contribution is -0.143. The number of carbonyl (C=O) groups excluding carboxylic acids is 2. The summed E-state index contributed by atoms with van der Waals surface area (Å²) in [5.41, 5.74) is -1.79. The number of H-pyrrole nitrogens is 1. The number of aromatic amines is 1. The molecular weight excluding hydrogens is 579 g/mol. The normalized spacial score (nSPS) is 16.3. The highest BCUT2D eigenvalue weighted by Crippen LogP contribution is 2.37. The first-order valence-corrected chi connectivity index (χ1v) is 13.2. The molecule has 0 aliphatic carbocycles. The highest BCUT2D eigenvalue weighted by atomic mass is 19.4. The van der Waals surface area contributed by atoms with Crippen molar-refractivity contribution < 1.29 is 40.3 Å². The molecule has 0 radical (unpaired) electrons. The summed E-state index contributed by atoms with van der Waals surface area (Å²) < 4.78 is 94.3. The van der Waals surface area contributed by atoms with E-state index in [1.165, 1.54) is 46.2 Å². The lowest BCUT2D eigenvalue weighted by Crippen LogP contribution is -2.57. The molecule has 43 heavy (non-hydrogen) atoms. The zero-order valence-electron chi connectivity index (χ0n) is 22.3.